The summed E-state index contributed by atoms with van der Waals surface area (Å²) in [6.45, 7) is 1.57. The molecule has 0 saturated carbocycles. The lowest BCUT2D eigenvalue weighted by molar-refractivity contribution is -0.131. The predicted octanol–water partition coefficient (Wildman–Crippen LogP) is 1.84. The van der Waals surface area contributed by atoms with Crippen LogP contribution in [0.5, 0.6) is 0 Å². The summed E-state index contributed by atoms with van der Waals surface area (Å²) in [6.07, 6.45) is 5.37. The zero-order valence-corrected chi connectivity index (χ0v) is 14.5. The largest absolute Gasteiger partial charge is 0.346 e. The second-order valence-corrected chi connectivity index (χ2v) is 6.66. The molecule has 1 N–H and O–H groups in total. The second-order valence-electron chi connectivity index (χ2n) is 5.71. The van der Waals surface area contributed by atoms with Crippen LogP contribution in [0.1, 0.15) is 12.8 Å². The van der Waals surface area contributed by atoms with E-state index in [0.29, 0.717) is 10.8 Å². The van der Waals surface area contributed by atoms with E-state index in [1.54, 1.807) is 34.0 Å². The van der Waals surface area contributed by atoms with Gasteiger partial charge in [-0.25, -0.2) is 9.37 Å². The molecule has 1 aliphatic rings. The summed E-state index contributed by atoms with van der Waals surface area (Å²) in [4.78, 5) is 29.8. The first kappa shape index (κ1) is 17.5. The summed E-state index contributed by atoms with van der Waals surface area (Å²) in [5.41, 5.74) is 0.643. The van der Waals surface area contributed by atoms with Crippen LogP contribution in [0.3, 0.4) is 0 Å². The Hall–Kier alpha value is -2.35. The number of nitrogens with zero attached hydrogens (tertiary/aromatic N) is 3. The molecular formula is C17H19FN4O2S. The molecule has 0 radical (unpaired) electrons. The van der Waals surface area contributed by atoms with Crippen LogP contribution < -0.4 is 5.32 Å². The number of benzene rings is 1. The predicted molar refractivity (Wildman–Crippen MR) is 93.1 cm³/mol. The number of thioether (sulfide) groups is 1. The molecular weight excluding hydrogens is 343 g/mol. The van der Waals surface area contributed by atoms with E-state index in [1.165, 1.54) is 23.9 Å². The number of carbonyl (C=O) groups is 2. The SMILES string of the molecule is O=C(CSc1nccn1-c1cccc(F)c1)NCC(=O)N1CCCC1. The van der Waals surface area contributed by atoms with Gasteiger partial charge in [-0.1, -0.05) is 17.8 Å². The van der Waals surface area contributed by atoms with Gasteiger partial charge in [0.2, 0.25) is 11.8 Å². The van der Waals surface area contributed by atoms with Gasteiger partial charge in [-0.05, 0) is 31.0 Å². The van der Waals surface area contributed by atoms with Crippen molar-refractivity contribution in [3.8, 4) is 5.69 Å². The summed E-state index contributed by atoms with van der Waals surface area (Å²) in [7, 11) is 0. The molecule has 132 valence electrons. The maximum absolute atomic E-state index is 13.4. The highest BCUT2D eigenvalue weighted by Gasteiger charge is 2.18. The maximum Gasteiger partial charge on any atom is 0.241 e. The molecule has 2 aromatic rings. The summed E-state index contributed by atoms with van der Waals surface area (Å²) in [6, 6.07) is 6.16. The molecule has 0 bridgehead atoms. The van der Waals surface area contributed by atoms with Gasteiger partial charge >= 0.3 is 0 Å². The van der Waals surface area contributed by atoms with E-state index < -0.39 is 0 Å². The Labute approximate surface area is 149 Å². The number of halogens is 1. The molecule has 0 unspecified atom stereocenters. The number of likely N-dealkylation sites (tertiary alicyclic amines) is 1. The molecule has 1 aromatic heterocycles. The number of amides is 2. The minimum Gasteiger partial charge on any atom is -0.346 e. The van der Waals surface area contributed by atoms with E-state index in [0.717, 1.165) is 25.9 Å². The van der Waals surface area contributed by atoms with Crippen molar-refractivity contribution < 1.29 is 14.0 Å². The molecule has 1 fully saturated rings. The van der Waals surface area contributed by atoms with Crippen LogP contribution in [-0.4, -0.2) is 51.7 Å². The lowest BCUT2D eigenvalue weighted by Gasteiger charge is -2.15. The molecule has 2 amide bonds. The summed E-state index contributed by atoms with van der Waals surface area (Å²) in [5.74, 6) is -0.469. The van der Waals surface area contributed by atoms with Crippen molar-refractivity contribution in [1.82, 2.24) is 19.8 Å². The average molecular weight is 362 g/mol. The highest BCUT2D eigenvalue weighted by Crippen LogP contribution is 2.20. The Kier molecular flexibility index (Phi) is 5.70. The first-order chi connectivity index (χ1) is 12.1. The Morgan fingerprint density at radius 1 is 1.28 bits per heavy atom. The first-order valence-electron chi connectivity index (χ1n) is 8.10. The number of imidazole rings is 1. The molecule has 0 spiro atoms. The fourth-order valence-electron chi connectivity index (χ4n) is 2.65. The topological polar surface area (TPSA) is 67.2 Å². The van der Waals surface area contributed by atoms with E-state index in [-0.39, 0.29) is 29.9 Å². The standard InChI is InChI=1S/C17H19FN4O2S/c18-13-4-3-5-14(10-13)22-9-6-19-17(22)25-12-15(23)20-11-16(24)21-7-1-2-8-21/h3-6,9-10H,1-2,7-8,11-12H2,(H,20,23). The number of hydrogen-bond donors (Lipinski definition) is 1. The van der Waals surface area contributed by atoms with E-state index in [4.69, 9.17) is 0 Å². The molecule has 1 aromatic carbocycles. The Balaban J connectivity index is 1.51. The molecule has 1 saturated heterocycles. The van der Waals surface area contributed by atoms with Crippen molar-refractivity contribution in [2.45, 2.75) is 18.0 Å². The van der Waals surface area contributed by atoms with Crippen LogP contribution in [0, 0.1) is 5.82 Å². The molecule has 0 aliphatic carbocycles. The summed E-state index contributed by atoms with van der Waals surface area (Å²) < 4.78 is 15.1. The van der Waals surface area contributed by atoms with Gasteiger partial charge in [0.15, 0.2) is 5.16 Å². The second kappa shape index (κ2) is 8.15. The highest BCUT2D eigenvalue weighted by molar-refractivity contribution is 7.99. The smallest absolute Gasteiger partial charge is 0.241 e. The van der Waals surface area contributed by atoms with Gasteiger partial charge in [-0.15, -0.1) is 0 Å². The molecule has 3 rings (SSSR count). The molecule has 2 heterocycles. The highest BCUT2D eigenvalue weighted by atomic mass is 32.2. The van der Waals surface area contributed by atoms with Crippen molar-refractivity contribution in [3.63, 3.8) is 0 Å². The molecule has 8 heteroatoms. The lowest BCUT2D eigenvalue weighted by atomic mass is 10.3. The number of nitrogens with one attached hydrogen (secondary N) is 1. The van der Waals surface area contributed by atoms with Gasteiger partial charge in [0.1, 0.15) is 5.82 Å². The monoisotopic (exact) mass is 362 g/mol. The summed E-state index contributed by atoms with van der Waals surface area (Å²) >= 11 is 1.24. The Morgan fingerprint density at radius 2 is 2.08 bits per heavy atom. The normalized spacial score (nSPS) is 13.9. The maximum atomic E-state index is 13.4. The average Bonchev–Trinajstić information content (AvgIpc) is 3.29. The zero-order valence-electron chi connectivity index (χ0n) is 13.7. The van der Waals surface area contributed by atoms with Crippen LogP contribution in [-0.2, 0) is 9.59 Å². The van der Waals surface area contributed by atoms with Crippen molar-refractivity contribution in [2.24, 2.45) is 0 Å². The quantitative estimate of drug-likeness (QED) is 0.797. The third kappa shape index (κ3) is 4.60. The first-order valence-corrected chi connectivity index (χ1v) is 9.08. The van der Waals surface area contributed by atoms with Crippen molar-refractivity contribution in [3.05, 3.63) is 42.5 Å². The van der Waals surface area contributed by atoms with Crippen LogP contribution in [0.15, 0.2) is 41.8 Å². The van der Waals surface area contributed by atoms with Gasteiger partial charge in [-0.2, -0.15) is 0 Å². The van der Waals surface area contributed by atoms with Crippen molar-refractivity contribution in [1.29, 1.82) is 0 Å². The van der Waals surface area contributed by atoms with Crippen LogP contribution in [0.2, 0.25) is 0 Å². The third-order valence-electron chi connectivity index (χ3n) is 3.92. The molecule has 25 heavy (non-hydrogen) atoms. The number of rotatable bonds is 6. The van der Waals surface area contributed by atoms with E-state index in [1.807, 2.05) is 0 Å². The lowest BCUT2D eigenvalue weighted by Crippen LogP contribution is -2.39. The minimum atomic E-state index is -0.333. The number of hydrogen-bond acceptors (Lipinski definition) is 4. The zero-order chi connectivity index (χ0) is 17.6. The molecule has 1 aliphatic heterocycles. The van der Waals surface area contributed by atoms with Crippen LogP contribution in [0.4, 0.5) is 4.39 Å². The fourth-order valence-corrected chi connectivity index (χ4v) is 3.46. The number of carbonyl (C=O) groups excluding carboxylic acids is 2. The van der Waals surface area contributed by atoms with Gasteiger partial charge in [-0.3, -0.25) is 14.2 Å². The van der Waals surface area contributed by atoms with Gasteiger partial charge in [0, 0.05) is 25.5 Å². The summed E-state index contributed by atoms with van der Waals surface area (Å²) in [5, 5.41) is 3.23. The van der Waals surface area contributed by atoms with Gasteiger partial charge in [0.05, 0.1) is 18.0 Å². The third-order valence-corrected chi connectivity index (χ3v) is 4.89. The van der Waals surface area contributed by atoms with Crippen LogP contribution >= 0.6 is 11.8 Å². The molecule has 0 atom stereocenters. The van der Waals surface area contributed by atoms with Gasteiger partial charge < -0.3 is 10.2 Å². The van der Waals surface area contributed by atoms with E-state index in [2.05, 4.69) is 10.3 Å². The van der Waals surface area contributed by atoms with E-state index in [9.17, 15) is 14.0 Å². The Bertz CT molecular complexity index is 759. The van der Waals surface area contributed by atoms with Crippen LogP contribution in [0.25, 0.3) is 5.69 Å². The molecule has 6 nitrogen and oxygen atoms in total. The van der Waals surface area contributed by atoms with E-state index >= 15 is 0 Å². The Morgan fingerprint density at radius 3 is 2.84 bits per heavy atom. The van der Waals surface area contributed by atoms with Crippen molar-refractivity contribution >= 4 is 23.6 Å². The number of aromatic nitrogens is 2. The minimum absolute atomic E-state index is 0.0255. The van der Waals surface area contributed by atoms with Gasteiger partial charge in [0.25, 0.3) is 0 Å². The van der Waals surface area contributed by atoms with Crippen molar-refractivity contribution in [2.75, 3.05) is 25.4 Å². The fraction of sp³-hybridized carbons (Fsp3) is 0.353.